The van der Waals surface area contributed by atoms with Crippen LogP contribution in [0.25, 0.3) is 0 Å². The van der Waals surface area contributed by atoms with Crippen LogP contribution >= 0.6 is 0 Å². The average Bonchev–Trinajstić information content (AvgIpc) is 2.42. The van der Waals surface area contributed by atoms with Crippen LogP contribution in [0.15, 0.2) is 42.9 Å². The maximum atomic E-state index is 5.67. The third-order valence-corrected chi connectivity index (χ3v) is 2.58. The molecule has 0 saturated carbocycles. The fraction of sp³-hybridized carbons (Fsp3) is 0.200. The van der Waals surface area contributed by atoms with Crippen molar-refractivity contribution in [1.82, 2.24) is 9.97 Å². The zero-order chi connectivity index (χ0) is 12.6. The number of nitrogen functional groups attached to an aromatic ring is 1. The molecule has 0 radical (unpaired) electrons. The normalized spacial score (nSPS) is 9.56. The van der Waals surface area contributed by atoms with Gasteiger partial charge >= 0.3 is 0 Å². The van der Waals surface area contributed by atoms with E-state index in [-0.39, 0.29) is 0 Å². The maximum absolute atomic E-state index is 5.67. The number of aromatic nitrogens is 2. The van der Waals surface area contributed by atoms with Crippen LogP contribution in [0.2, 0.25) is 0 Å². The van der Waals surface area contributed by atoms with E-state index in [0.29, 0.717) is 11.4 Å². The number of hydrogen-bond acceptors (Lipinski definition) is 3. The van der Waals surface area contributed by atoms with Gasteiger partial charge in [-0.25, -0.2) is 9.97 Å². The summed E-state index contributed by atoms with van der Waals surface area (Å²) in [6, 6.07) is 10.4. The first kappa shape index (κ1) is 12.1. The molecule has 1 aromatic carbocycles. The molecule has 2 rings (SSSR count). The fourth-order valence-corrected chi connectivity index (χ4v) is 1.62. The van der Waals surface area contributed by atoms with Crippen LogP contribution in [0.5, 0.6) is 0 Å². The average molecular weight is 237 g/mol. The summed E-state index contributed by atoms with van der Waals surface area (Å²) in [5.41, 5.74) is 7.73. The lowest BCUT2D eigenvalue weighted by molar-refractivity contribution is 0.858. The summed E-state index contributed by atoms with van der Waals surface area (Å²) in [6.07, 6.45) is 6.02. The smallest absolute Gasteiger partial charge is 0.142 e. The number of nitrogens with two attached hydrogens (primary N) is 1. The van der Waals surface area contributed by atoms with Gasteiger partial charge in [-0.3, -0.25) is 0 Å². The zero-order valence-electron chi connectivity index (χ0n) is 10.1. The molecule has 18 heavy (non-hydrogen) atoms. The van der Waals surface area contributed by atoms with Gasteiger partial charge in [0.15, 0.2) is 0 Å². The minimum Gasteiger partial charge on any atom is -0.383 e. The Hall–Kier alpha value is -2.34. The predicted molar refractivity (Wildman–Crippen MR) is 72.7 cm³/mol. The molecule has 3 nitrogen and oxygen atoms in total. The largest absolute Gasteiger partial charge is 0.383 e. The Labute approximate surface area is 107 Å². The molecule has 0 amide bonds. The SMILES string of the molecule is Nc1ncncc1C#CCCCc1ccccc1. The summed E-state index contributed by atoms with van der Waals surface area (Å²) in [5, 5.41) is 0. The Morgan fingerprint density at radius 1 is 1.17 bits per heavy atom. The van der Waals surface area contributed by atoms with E-state index in [4.69, 9.17) is 5.73 Å². The van der Waals surface area contributed by atoms with E-state index < -0.39 is 0 Å². The van der Waals surface area contributed by atoms with Gasteiger partial charge in [0.05, 0.1) is 5.56 Å². The first-order chi connectivity index (χ1) is 8.86. The standard InChI is InChI=1S/C15H15N3/c16-15-14(11-17-12-18-15)10-6-2-5-9-13-7-3-1-4-8-13/h1,3-4,7-8,11-12H,2,5,9H2,(H2,16,17,18). The number of hydrogen-bond donors (Lipinski definition) is 1. The number of unbranched alkanes of at least 4 members (excludes halogenated alkanes) is 1. The van der Waals surface area contributed by atoms with Gasteiger partial charge in [-0.05, 0) is 18.4 Å². The van der Waals surface area contributed by atoms with E-state index >= 15 is 0 Å². The minimum atomic E-state index is 0.445. The monoisotopic (exact) mass is 237 g/mol. The number of anilines is 1. The minimum absolute atomic E-state index is 0.445. The number of nitrogens with zero attached hydrogens (tertiary/aromatic N) is 2. The predicted octanol–water partition coefficient (Wildman–Crippen LogP) is 2.43. The second-order valence-corrected chi connectivity index (χ2v) is 3.96. The first-order valence-corrected chi connectivity index (χ1v) is 5.94. The number of rotatable bonds is 3. The molecule has 3 heteroatoms. The van der Waals surface area contributed by atoms with Crippen LogP contribution in [0, 0.1) is 11.8 Å². The third kappa shape index (κ3) is 3.60. The van der Waals surface area contributed by atoms with Gasteiger partial charge in [-0.1, -0.05) is 42.2 Å². The Kier molecular flexibility index (Phi) is 4.32. The highest BCUT2D eigenvalue weighted by molar-refractivity contribution is 5.48. The van der Waals surface area contributed by atoms with E-state index in [2.05, 4.69) is 46.1 Å². The van der Waals surface area contributed by atoms with Crippen molar-refractivity contribution in [3.63, 3.8) is 0 Å². The molecule has 0 aliphatic heterocycles. The quantitative estimate of drug-likeness (QED) is 0.659. The van der Waals surface area contributed by atoms with Crippen LogP contribution in [0.4, 0.5) is 5.82 Å². The summed E-state index contributed by atoms with van der Waals surface area (Å²) >= 11 is 0. The highest BCUT2D eigenvalue weighted by Gasteiger charge is 1.94. The van der Waals surface area contributed by atoms with Crippen molar-refractivity contribution in [1.29, 1.82) is 0 Å². The van der Waals surface area contributed by atoms with Gasteiger partial charge in [-0.2, -0.15) is 0 Å². The van der Waals surface area contributed by atoms with Crippen molar-refractivity contribution >= 4 is 5.82 Å². The van der Waals surface area contributed by atoms with E-state index in [9.17, 15) is 0 Å². The van der Waals surface area contributed by atoms with Crippen molar-refractivity contribution in [2.45, 2.75) is 19.3 Å². The fourth-order valence-electron chi connectivity index (χ4n) is 1.62. The van der Waals surface area contributed by atoms with Crippen LogP contribution in [-0.2, 0) is 6.42 Å². The van der Waals surface area contributed by atoms with Gasteiger partial charge in [-0.15, -0.1) is 0 Å². The zero-order valence-corrected chi connectivity index (χ0v) is 10.1. The summed E-state index contributed by atoms with van der Waals surface area (Å²) < 4.78 is 0. The Balaban J connectivity index is 1.82. The van der Waals surface area contributed by atoms with Gasteiger partial charge in [0, 0.05) is 12.6 Å². The molecule has 1 heterocycles. The molecule has 2 N–H and O–H groups in total. The maximum Gasteiger partial charge on any atom is 0.142 e. The van der Waals surface area contributed by atoms with Crippen LogP contribution in [-0.4, -0.2) is 9.97 Å². The topological polar surface area (TPSA) is 51.8 Å². The molecule has 0 fully saturated rings. The lowest BCUT2D eigenvalue weighted by Gasteiger charge is -1.97. The van der Waals surface area contributed by atoms with Crippen molar-refractivity contribution in [2.75, 3.05) is 5.73 Å². The van der Waals surface area contributed by atoms with Crippen LogP contribution in [0.3, 0.4) is 0 Å². The van der Waals surface area contributed by atoms with Gasteiger partial charge in [0.1, 0.15) is 12.1 Å². The van der Waals surface area contributed by atoms with E-state index in [1.54, 1.807) is 6.20 Å². The molecular formula is C15H15N3. The summed E-state index contributed by atoms with van der Waals surface area (Å²) in [4.78, 5) is 7.79. The molecule has 2 aromatic rings. The molecule has 0 aliphatic carbocycles. The molecule has 0 bridgehead atoms. The Morgan fingerprint density at radius 3 is 2.78 bits per heavy atom. The van der Waals surface area contributed by atoms with Crippen molar-refractivity contribution < 1.29 is 0 Å². The summed E-state index contributed by atoms with van der Waals surface area (Å²) in [6.45, 7) is 0. The van der Waals surface area contributed by atoms with E-state index in [0.717, 1.165) is 19.3 Å². The lowest BCUT2D eigenvalue weighted by Crippen LogP contribution is -1.94. The van der Waals surface area contributed by atoms with Crippen LogP contribution in [0.1, 0.15) is 24.0 Å². The van der Waals surface area contributed by atoms with Gasteiger partial charge < -0.3 is 5.73 Å². The van der Waals surface area contributed by atoms with Crippen molar-refractivity contribution in [3.05, 3.63) is 54.0 Å². The molecule has 0 aliphatic rings. The second-order valence-electron chi connectivity index (χ2n) is 3.96. The molecule has 90 valence electrons. The Morgan fingerprint density at radius 2 is 2.00 bits per heavy atom. The van der Waals surface area contributed by atoms with Crippen molar-refractivity contribution in [2.24, 2.45) is 0 Å². The molecular weight excluding hydrogens is 222 g/mol. The second kappa shape index (κ2) is 6.41. The van der Waals surface area contributed by atoms with Gasteiger partial charge in [0.25, 0.3) is 0 Å². The van der Waals surface area contributed by atoms with E-state index in [1.165, 1.54) is 11.9 Å². The molecule has 0 saturated heterocycles. The van der Waals surface area contributed by atoms with Gasteiger partial charge in [0.2, 0.25) is 0 Å². The summed E-state index contributed by atoms with van der Waals surface area (Å²) in [7, 11) is 0. The third-order valence-electron chi connectivity index (χ3n) is 2.58. The molecule has 0 spiro atoms. The molecule has 0 unspecified atom stereocenters. The number of aryl methyl sites for hydroxylation is 1. The van der Waals surface area contributed by atoms with Crippen LogP contribution < -0.4 is 5.73 Å². The Bertz CT molecular complexity index is 553. The highest BCUT2D eigenvalue weighted by atomic mass is 14.9. The molecule has 1 aromatic heterocycles. The number of benzene rings is 1. The van der Waals surface area contributed by atoms with E-state index in [1.807, 2.05) is 6.07 Å². The summed E-state index contributed by atoms with van der Waals surface area (Å²) in [5.74, 6) is 6.55. The molecule has 0 atom stereocenters. The first-order valence-electron chi connectivity index (χ1n) is 5.94. The lowest BCUT2D eigenvalue weighted by atomic mass is 10.1. The highest BCUT2D eigenvalue weighted by Crippen LogP contribution is 2.05. The van der Waals surface area contributed by atoms with Crippen molar-refractivity contribution in [3.8, 4) is 11.8 Å².